The minimum absolute atomic E-state index is 0.0976. The zero-order chi connectivity index (χ0) is 18.2. The minimum atomic E-state index is -0.0976. The van der Waals surface area contributed by atoms with Gasteiger partial charge in [-0.05, 0) is 43.7 Å². The van der Waals surface area contributed by atoms with E-state index in [0.29, 0.717) is 23.7 Å². The molecule has 5 nitrogen and oxygen atoms in total. The second-order valence-electron chi connectivity index (χ2n) is 5.78. The molecule has 0 fully saturated rings. The number of carbonyl (C=O) groups excluding carboxylic acids is 1. The van der Waals surface area contributed by atoms with Crippen molar-refractivity contribution in [3.63, 3.8) is 0 Å². The van der Waals surface area contributed by atoms with E-state index in [2.05, 4.69) is 5.32 Å². The lowest BCUT2D eigenvalue weighted by atomic mass is 10.1. The molecule has 0 spiro atoms. The first-order valence-corrected chi connectivity index (χ1v) is 8.32. The molecule has 1 amide bonds. The number of benzene rings is 2. The summed E-state index contributed by atoms with van der Waals surface area (Å²) in [5, 5.41) is 2.96. The zero-order valence-corrected chi connectivity index (χ0v) is 15.2. The SMILES string of the molecule is CC[C@@H](C)NC(=O)c1ccc(OC)c(COc2cccc(OC)c2)c1. The normalized spacial score (nSPS) is 11.5. The van der Waals surface area contributed by atoms with Crippen LogP contribution < -0.4 is 19.5 Å². The molecule has 0 radical (unpaired) electrons. The number of ether oxygens (including phenoxy) is 3. The number of methoxy groups -OCH3 is 2. The molecule has 0 saturated heterocycles. The first kappa shape index (κ1) is 18.6. The van der Waals surface area contributed by atoms with E-state index in [9.17, 15) is 4.79 Å². The molecule has 2 aromatic rings. The maximum Gasteiger partial charge on any atom is 0.251 e. The van der Waals surface area contributed by atoms with Gasteiger partial charge >= 0.3 is 0 Å². The van der Waals surface area contributed by atoms with E-state index in [1.54, 1.807) is 32.4 Å². The Morgan fingerprint density at radius 3 is 2.52 bits per heavy atom. The van der Waals surface area contributed by atoms with Crippen LogP contribution >= 0.6 is 0 Å². The smallest absolute Gasteiger partial charge is 0.251 e. The molecule has 0 saturated carbocycles. The lowest BCUT2D eigenvalue weighted by Crippen LogP contribution is -2.31. The highest BCUT2D eigenvalue weighted by atomic mass is 16.5. The van der Waals surface area contributed by atoms with Crippen molar-refractivity contribution in [2.75, 3.05) is 14.2 Å². The molecule has 0 aliphatic carbocycles. The van der Waals surface area contributed by atoms with Gasteiger partial charge in [-0.1, -0.05) is 13.0 Å². The van der Waals surface area contributed by atoms with E-state index in [1.165, 1.54) is 0 Å². The zero-order valence-electron chi connectivity index (χ0n) is 15.2. The van der Waals surface area contributed by atoms with Crippen molar-refractivity contribution in [3.05, 3.63) is 53.6 Å². The Morgan fingerprint density at radius 2 is 1.84 bits per heavy atom. The molecule has 2 aromatic carbocycles. The average molecular weight is 343 g/mol. The predicted octanol–water partition coefficient (Wildman–Crippen LogP) is 3.81. The largest absolute Gasteiger partial charge is 0.497 e. The lowest BCUT2D eigenvalue weighted by molar-refractivity contribution is 0.0939. The van der Waals surface area contributed by atoms with Gasteiger partial charge in [0.25, 0.3) is 5.91 Å². The van der Waals surface area contributed by atoms with Gasteiger partial charge in [-0.2, -0.15) is 0 Å². The number of rotatable bonds is 8. The Morgan fingerprint density at radius 1 is 1.08 bits per heavy atom. The summed E-state index contributed by atoms with van der Waals surface area (Å²) in [5.74, 6) is 2.00. The molecule has 5 heteroatoms. The molecule has 25 heavy (non-hydrogen) atoms. The number of hydrogen-bond acceptors (Lipinski definition) is 4. The summed E-state index contributed by atoms with van der Waals surface area (Å²) in [7, 11) is 3.21. The van der Waals surface area contributed by atoms with E-state index >= 15 is 0 Å². The first-order chi connectivity index (χ1) is 12.1. The minimum Gasteiger partial charge on any atom is -0.497 e. The Labute approximate surface area is 148 Å². The van der Waals surface area contributed by atoms with Gasteiger partial charge < -0.3 is 19.5 Å². The number of hydrogen-bond donors (Lipinski definition) is 1. The van der Waals surface area contributed by atoms with Crippen molar-refractivity contribution in [3.8, 4) is 17.2 Å². The highest BCUT2D eigenvalue weighted by Crippen LogP contribution is 2.24. The maximum atomic E-state index is 12.3. The van der Waals surface area contributed by atoms with Crippen molar-refractivity contribution in [2.24, 2.45) is 0 Å². The van der Waals surface area contributed by atoms with Crippen molar-refractivity contribution in [1.82, 2.24) is 5.32 Å². The van der Waals surface area contributed by atoms with Crippen molar-refractivity contribution < 1.29 is 19.0 Å². The fourth-order valence-electron chi connectivity index (χ4n) is 2.29. The van der Waals surface area contributed by atoms with Gasteiger partial charge in [-0.3, -0.25) is 4.79 Å². The van der Waals surface area contributed by atoms with Crippen LogP contribution in [0.3, 0.4) is 0 Å². The summed E-state index contributed by atoms with van der Waals surface area (Å²) in [6.07, 6.45) is 0.883. The van der Waals surface area contributed by atoms with Crippen LogP contribution in [-0.4, -0.2) is 26.2 Å². The number of carbonyl (C=O) groups is 1. The third-order valence-electron chi connectivity index (χ3n) is 3.97. The Hall–Kier alpha value is -2.69. The molecule has 2 rings (SSSR count). The second kappa shape index (κ2) is 8.97. The molecular weight excluding hydrogens is 318 g/mol. The first-order valence-electron chi connectivity index (χ1n) is 8.32. The monoisotopic (exact) mass is 343 g/mol. The highest BCUT2D eigenvalue weighted by molar-refractivity contribution is 5.94. The van der Waals surface area contributed by atoms with E-state index in [4.69, 9.17) is 14.2 Å². The van der Waals surface area contributed by atoms with E-state index in [1.807, 2.05) is 38.1 Å². The molecule has 0 aromatic heterocycles. The molecule has 0 aliphatic heterocycles. The molecule has 0 bridgehead atoms. The third kappa shape index (κ3) is 5.14. The van der Waals surface area contributed by atoms with Crippen molar-refractivity contribution in [2.45, 2.75) is 32.9 Å². The van der Waals surface area contributed by atoms with Gasteiger partial charge in [0.1, 0.15) is 23.9 Å². The summed E-state index contributed by atoms with van der Waals surface area (Å²) < 4.78 is 16.4. The molecular formula is C20H25NO4. The van der Waals surface area contributed by atoms with E-state index in [-0.39, 0.29) is 11.9 Å². The van der Waals surface area contributed by atoms with Crippen molar-refractivity contribution >= 4 is 5.91 Å². The average Bonchev–Trinajstić information content (AvgIpc) is 2.66. The van der Waals surface area contributed by atoms with Gasteiger partial charge in [0.2, 0.25) is 0 Å². The van der Waals surface area contributed by atoms with Gasteiger partial charge in [0.05, 0.1) is 14.2 Å². The number of nitrogens with one attached hydrogen (secondary N) is 1. The molecule has 0 aliphatic rings. The third-order valence-corrected chi connectivity index (χ3v) is 3.97. The summed E-state index contributed by atoms with van der Waals surface area (Å²) in [4.78, 5) is 12.3. The van der Waals surface area contributed by atoms with Crippen LogP contribution in [0.5, 0.6) is 17.2 Å². The summed E-state index contributed by atoms with van der Waals surface area (Å²) >= 11 is 0. The molecule has 0 heterocycles. The Bertz CT molecular complexity index is 715. The second-order valence-corrected chi connectivity index (χ2v) is 5.78. The van der Waals surface area contributed by atoms with Crippen molar-refractivity contribution in [1.29, 1.82) is 0 Å². The molecule has 1 atom stereocenters. The number of amides is 1. The van der Waals surface area contributed by atoms with Gasteiger partial charge in [-0.25, -0.2) is 0 Å². The summed E-state index contributed by atoms with van der Waals surface area (Å²) in [5.41, 5.74) is 1.40. The lowest BCUT2D eigenvalue weighted by Gasteiger charge is -2.14. The van der Waals surface area contributed by atoms with Crippen LogP contribution in [0.15, 0.2) is 42.5 Å². The highest BCUT2D eigenvalue weighted by Gasteiger charge is 2.12. The van der Waals surface area contributed by atoms with E-state index < -0.39 is 0 Å². The fraction of sp³-hybridized carbons (Fsp3) is 0.350. The fourth-order valence-corrected chi connectivity index (χ4v) is 2.29. The Balaban J connectivity index is 2.14. The quantitative estimate of drug-likeness (QED) is 0.792. The van der Waals surface area contributed by atoms with Gasteiger partial charge in [0.15, 0.2) is 0 Å². The summed E-state index contributed by atoms with van der Waals surface area (Å²) in [6.45, 7) is 4.31. The molecule has 0 unspecified atom stereocenters. The molecule has 134 valence electrons. The van der Waals surface area contributed by atoms with Crippen LogP contribution in [-0.2, 0) is 6.61 Å². The van der Waals surface area contributed by atoms with E-state index in [0.717, 1.165) is 17.7 Å². The summed E-state index contributed by atoms with van der Waals surface area (Å²) in [6, 6.07) is 12.9. The van der Waals surface area contributed by atoms with Crippen LogP contribution in [0.4, 0.5) is 0 Å². The topological polar surface area (TPSA) is 56.8 Å². The van der Waals surface area contributed by atoms with Gasteiger partial charge in [-0.15, -0.1) is 0 Å². The Kier molecular flexibility index (Phi) is 6.69. The van der Waals surface area contributed by atoms with Crippen LogP contribution in [0.25, 0.3) is 0 Å². The van der Waals surface area contributed by atoms with Gasteiger partial charge in [0, 0.05) is 23.2 Å². The standard InChI is InChI=1S/C20H25NO4/c1-5-14(2)21-20(22)15-9-10-19(24-4)16(11-15)13-25-18-8-6-7-17(12-18)23-3/h6-12,14H,5,13H2,1-4H3,(H,21,22)/t14-/m1/s1. The van der Waals surface area contributed by atoms with Crippen LogP contribution in [0.2, 0.25) is 0 Å². The van der Waals surface area contributed by atoms with Crippen LogP contribution in [0.1, 0.15) is 36.2 Å². The maximum absolute atomic E-state index is 12.3. The molecule has 1 N–H and O–H groups in total. The predicted molar refractivity (Wildman–Crippen MR) is 97.5 cm³/mol. The van der Waals surface area contributed by atoms with Crippen LogP contribution in [0, 0.1) is 0 Å².